The molecule has 1 fully saturated rings. The van der Waals surface area contributed by atoms with Gasteiger partial charge in [0.25, 0.3) is 0 Å². The number of nitriles is 1. The topological polar surface area (TPSA) is 56.1 Å². The van der Waals surface area contributed by atoms with Gasteiger partial charge in [-0.2, -0.15) is 5.26 Å². The first-order valence-corrected chi connectivity index (χ1v) is 8.46. The van der Waals surface area contributed by atoms with Crippen molar-refractivity contribution in [3.63, 3.8) is 0 Å². The maximum atomic E-state index is 12.4. The van der Waals surface area contributed by atoms with E-state index in [0.717, 1.165) is 38.3 Å². The van der Waals surface area contributed by atoms with Crippen LogP contribution in [0.4, 0.5) is 0 Å². The van der Waals surface area contributed by atoms with Gasteiger partial charge in [0.15, 0.2) is 0 Å². The number of amides is 1. The Balaban J connectivity index is 2.41. The van der Waals surface area contributed by atoms with E-state index in [2.05, 4.69) is 23.3 Å². The smallest absolute Gasteiger partial charge is 0.240 e. The van der Waals surface area contributed by atoms with Crippen molar-refractivity contribution in [1.82, 2.24) is 10.2 Å². The summed E-state index contributed by atoms with van der Waals surface area (Å²) in [6, 6.07) is 2.29. The monoisotopic (exact) mass is 293 g/mol. The molecule has 0 aromatic carbocycles. The van der Waals surface area contributed by atoms with Gasteiger partial charge in [-0.05, 0) is 58.2 Å². The lowest BCUT2D eigenvalue weighted by molar-refractivity contribution is -0.129. The van der Waals surface area contributed by atoms with Crippen LogP contribution in [-0.2, 0) is 4.79 Å². The van der Waals surface area contributed by atoms with Crippen molar-refractivity contribution in [3.8, 4) is 6.07 Å². The first-order chi connectivity index (χ1) is 10.1. The van der Waals surface area contributed by atoms with Gasteiger partial charge in [-0.3, -0.25) is 4.79 Å². The van der Waals surface area contributed by atoms with Crippen molar-refractivity contribution in [3.05, 3.63) is 0 Å². The van der Waals surface area contributed by atoms with E-state index < -0.39 is 5.41 Å². The molecule has 0 bridgehead atoms. The van der Waals surface area contributed by atoms with Crippen molar-refractivity contribution >= 4 is 5.91 Å². The third kappa shape index (κ3) is 5.32. The van der Waals surface area contributed by atoms with Gasteiger partial charge in [0.1, 0.15) is 5.41 Å². The average molecular weight is 293 g/mol. The van der Waals surface area contributed by atoms with Crippen LogP contribution in [0.2, 0.25) is 0 Å². The number of carbonyl (C=O) groups excluding carboxylic acids is 1. The molecule has 0 aromatic rings. The standard InChI is InChI=1S/C17H31N3O/c1-4-9-17(14-18,10-5-2)16(21)19-11-6-15-7-12-20(3)13-8-15/h15H,4-13H2,1-3H3,(H,19,21). The van der Waals surface area contributed by atoms with Gasteiger partial charge in [-0.15, -0.1) is 0 Å². The number of hydrogen-bond acceptors (Lipinski definition) is 3. The molecular formula is C17H31N3O. The zero-order valence-corrected chi connectivity index (χ0v) is 14.0. The quantitative estimate of drug-likeness (QED) is 0.748. The minimum absolute atomic E-state index is 0.0540. The Labute approximate surface area is 129 Å². The summed E-state index contributed by atoms with van der Waals surface area (Å²) >= 11 is 0. The number of nitrogens with one attached hydrogen (secondary N) is 1. The molecule has 1 heterocycles. The third-order valence-electron chi connectivity index (χ3n) is 4.68. The highest BCUT2D eigenvalue weighted by molar-refractivity contribution is 5.85. The van der Waals surface area contributed by atoms with Gasteiger partial charge in [0, 0.05) is 6.54 Å². The molecular weight excluding hydrogens is 262 g/mol. The molecule has 0 aliphatic carbocycles. The molecule has 1 N–H and O–H groups in total. The molecule has 120 valence electrons. The summed E-state index contributed by atoms with van der Waals surface area (Å²) in [5, 5.41) is 12.5. The summed E-state index contributed by atoms with van der Waals surface area (Å²) in [5.41, 5.74) is -0.809. The van der Waals surface area contributed by atoms with Crippen LogP contribution < -0.4 is 5.32 Å². The van der Waals surface area contributed by atoms with Crippen molar-refractivity contribution in [2.75, 3.05) is 26.7 Å². The van der Waals surface area contributed by atoms with E-state index in [4.69, 9.17) is 0 Å². The van der Waals surface area contributed by atoms with Crippen molar-refractivity contribution in [2.45, 2.75) is 58.8 Å². The Morgan fingerprint density at radius 3 is 2.33 bits per heavy atom. The van der Waals surface area contributed by atoms with E-state index in [1.807, 2.05) is 13.8 Å². The van der Waals surface area contributed by atoms with E-state index in [1.54, 1.807) is 0 Å². The Kier molecular flexibility index (Phi) is 7.74. The van der Waals surface area contributed by atoms with Crippen LogP contribution in [0.1, 0.15) is 58.8 Å². The van der Waals surface area contributed by atoms with Gasteiger partial charge in [0.2, 0.25) is 5.91 Å². The second kappa shape index (κ2) is 9.04. The van der Waals surface area contributed by atoms with Gasteiger partial charge in [0.05, 0.1) is 6.07 Å². The second-order valence-corrected chi connectivity index (χ2v) is 6.49. The fraction of sp³-hybridized carbons (Fsp3) is 0.882. The van der Waals surface area contributed by atoms with Gasteiger partial charge >= 0.3 is 0 Å². The summed E-state index contributed by atoms with van der Waals surface area (Å²) < 4.78 is 0. The SMILES string of the molecule is CCCC(C#N)(CCC)C(=O)NCCC1CCN(C)CC1. The number of carbonyl (C=O) groups is 1. The Morgan fingerprint density at radius 2 is 1.86 bits per heavy atom. The Bertz CT molecular complexity index is 348. The number of hydrogen-bond donors (Lipinski definition) is 1. The number of likely N-dealkylation sites (tertiary alicyclic amines) is 1. The van der Waals surface area contributed by atoms with E-state index in [0.29, 0.717) is 19.4 Å². The van der Waals surface area contributed by atoms with Gasteiger partial charge in [-0.25, -0.2) is 0 Å². The summed E-state index contributed by atoms with van der Waals surface area (Å²) in [5.74, 6) is 0.664. The molecule has 0 spiro atoms. The Hall–Kier alpha value is -1.08. The summed E-state index contributed by atoms with van der Waals surface area (Å²) in [6.07, 6.45) is 6.55. The predicted molar refractivity (Wildman–Crippen MR) is 85.7 cm³/mol. The summed E-state index contributed by atoms with van der Waals surface area (Å²) in [7, 11) is 2.16. The average Bonchev–Trinajstić information content (AvgIpc) is 2.48. The first kappa shape index (κ1) is 18.0. The van der Waals surface area contributed by atoms with Gasteiger partial charge in [-0.1, -0.05) is 26.7 Å². The van der Waals surface area contributed by atoms with E-state index in [-0.39, 0.29) is 5.91 Å². The highest BCUT2D eigenvalue weighted by atomic mass is 16.2. The number of rotatable bonds is 8. The summed E-state index contributed by atoms with van der Waals surface area (Å²) in [6.45, 7) is 7.10. The Morgan fingerprint density at radius 1 is 1.29 bits per heavy atom. The molecule has 4 nitrogen and oxygen atoms in total. The normalized spacial score (nSPS) is 17.4. The lowest BCUT2D eigenvalue weighted by Gasteiger charge is -2.29. The fourth-order valence-corrected chi connectivity index (χ4v) is 3.28. The van der Waals surface area contributed by atoms with Crippen LogP contribution in [0, 0.1) is 22.7 Å². The van der Waals surface area contributed by atoms with Crippen LogP contribution in [0.3, 0.4) is 0 Å². The minimum atomic E-state index is -0.809. The molecule has 0 unspecified atom stereocenters. The van der Waals surface area contributed by atoms with Crippen LogP contribution in [0.5, 0.6) is 0 Å². The molecule has 4 heteroatoms. The molecule has 0 radical (unpaired) electrons. The zero-order valence-electron chi connectivity index (χ0n) is 14.0. The molecule has 0 saturated carbocycles. The second-order valence-electron chi connectivity index (χ2n) is 6.49. The summed E-state index contributed by atoms with van der Waals surface area (Å²) in [4.78, 5) is 14.8. The van der Waals surface area contributed by atoms with Crippen LogP contribution in [0.15, 0.2) is 0 Å². The van der Waals surface area contributed by atoms with Crippen molar-refractivity contribution < 1.29 is 4.79 Å². The van der Waals surface area contributed by atoms with E-state index >= 15 is 0 Å². The predicted octanol–water partition coefficient (Wildman–Crippen LogP) is 2.94. The van der Waals surface area contributed by atoms with Crippen molar-refractivity contribution in [2.24, 2.45) is 11.3 Å². The lowest BCUT2D eigenvalue weighted by atomic mass is 9.79. The van der Waals surface area contributed by atoms with Crippen molar-refractivity contribution in [1.29, 1.82) is 5.26 Å². The molecule has 1 rings (SSSR count). The number of piperidine rings is 1. The van der Waals surface area contributed by atoms with E-state index in [9.17, 15) is 10.1 Å². The molecule has 1 aliphatic rings. The van der Waals surface area contributed by atoms with Crippen LogP contribution >= 0.6 is 0 Å². The van der Waals surface area contributed by atoms with Crippen LogP contribution in [-0.4, -0.2) is 37.5 Å². The molecule has 1 saturated heterocycles. The largest absolute Gasteiger partial charge is 0.355 e. The molecule has 0 aromatic heterocycles. The third-order valence-corrected chi connectivity index (χ3v) is 4.68. The molecule has 1 aliphatic heterocycles. The zero-order chi connectivity index (χ0) is 15.7. The molecule has 21 heavy (non-hydrogen) atoms. The molecule has 0 atom stereocenters. The number of nitrogens with zero attached hydrogens (tertiary/aromatic N) is 2. The van der Waals surface area contributed by atoms with Gasteiger partial charge < -0.3 is 10.2 Å². The lowest BCUT2D eigenvalue weighted by Crippen LogP contribution is -2.41. The molecule has 1 amide bonds. The first-order valence-electron chi connectivity index (χ1n) is 8.46. The minimum Gasteiger partial charge on any atom is -0.355 e. The maximum Gasteiger partial charge on any atom is 0.240 e. The highest BCUT2D eigenvalue weighted by Crippen LogP contribution is 2.29. The van der Waals surface area contributed by atoms with E-state index in [1.165, 1.54) is 12.8 Å². The highest BCUT2D eigenvalue weighted by Gasteiger charge is 2.36. The van der Waals surface area contributed by atoms with Crippen LogP contribution in [0.25, 0.3) is 0 Å². The fourth-order valence-electron chi connectivity index (χ4n) is 3.28. The maximum absolute atomic E-state index is 12.4.